The largest absolute Gasteiger partial charge is 0.340 e. The number of carbonyl (C=O) groups excluding carboxylic acids is 2. The minimum atomic E-state index is -0.395. The zero-order chi connectivity index (χ0) is 18.5. The molecule has 1 aliphatic carbocycles. The van der Waals surface area contributed by atoms with E-state index >= 15 is 0 Å². The van der Waals surface area contributed by atoms with Crippen LogP contribution in [0.3, 0.4) is 0 Å². The number of aromatic amines is 1. The third-order valence-corrected chi connectivity index (χ3v) is 4.58. The molecule has 26 heavy (non-hydrogen) atoms. The van der Waals surface area contributed by atoms with Crippen LogP contribution >= 0.6 is 0 Å². The lowest BCUT2D eigenvalue weighted by atomic mass is 9.75. The minimum absolute atomic E-state index is 0.0302. The third kappa shape index (κ3) is 2.56. The molecule has 0 saturated carbocycles. The molecule has 0 aromatic carbocycles. The maximum Gasteiger partial charge on any atom is 0.277 e. The number of H-pyrrole nitrogens is 1. The summed E-state index contributed by atoms with van der Waals surface area (Å²) in [5.74, 6) is -0.0325. The highest BCUT2D eigenvalue weighted by molar-refractivity contribution is 6.09. The predicted molar refractivity (Wildman–Crippen MR) is 94.0 cm³/mol. The highest BCUT2D eigenvalue weighted by Crippen LogP contribution is 2.36. The first-order valence-electron chi connectivity index (χ1n) is 8.48. The average molecular weight is 353 g/mol. The number of hydrogen-bond acceptors (Lipinski definition) is 6. The molecule has 1 aliphatic rings. The lowest BCUT2D eigenvalue weighted by molar-refractivity contribution is 0.0901. The molecule has 9 nitrogen and oxygen atoms in total. The van der Waals surface area contributed by atoms with Gasteiger partial charge in [0.1, 0.15) is 17.5 Å². The number of aryl methyl sites for hydroxylation is 1. The van der Waals surface area contributed by atoms with Crippen LogP contribution in [0.25, 0.3) is 11.2 Å². The van der Waals surface area contributed by atoms with Crippen LogP contribution in [0, 0.1) is 5.41 Å². The van der Waals surface area contributed by atoms with E-state index in [2.05, 4.69) is 30.4 Å². The van der Waals surface area contributed by atoms with Crippen LogP contribution in [0.1, 0.15) is 53.7 Å². The van der Waals surface area contributed by atoms with Gasteiger partial charge in [0.2, 0.25) is 0 Å². The van der Waals surface area contributed by atoms with Gasteiger partial charge in [-0.15, -0.1) is 0 Å². The van der Waals surface area contributed by atoms with Gasteiger partial charge in [-0.05, 0) is 18.8 Å². The summed E-state index contributed by atoms with van der Waals surface area (Å²) in [6, 6.07) is 0. The molecule has 9 heteroatoms. The first kappa shape index (κ1) is 16.4. The summed E-state index contributed by atoms with van der Waals surface area (Å²) in [6.45, 7) is 6.48. The molecule has 2 N–H and O–H groups in total. The predicted octanol–water partition coefficient (Wildman–Crippen LogP) is 1.98. The summed E-state index contributed by atoms with van der Waals surface area (Å²) in [5, 5.41) is 7.17. The Morgan fingerprint density at radius 2 is 2.12 bits per heavy atom. The second-order valence-corrected chi connectivity index (χ2v) is 7.21. The molecule has 0 bridgehead atoms. The van der Waals surface area contributed by atoms with E-state index in [-0.39, 0.29) is 16.9 Å². The number of amides is 1. The van der Waals surface area contributed by atoms with E-state index < -0.39 is 5.91 Å². The first-order chi connectivity index (χ1) is 12.4. The number of ketones is 1. The number of rotatable bonds is 3. The van der Waals surface area contributed by atoms with Crippen LogP contribution in [-0.4, -0.2) is 41.4 Å². The summed E-state index contributed by atoms with van der Waals surface area (Å²) in [7, 11) is 0. The lowest BCUT2D eigenvalue weighted by Crippen LogP contribution is -2.29. The standard InChI is InChI=1S/C17H19N7O2/c1-4-24-13-9(5-17(2,3)6-10(13)25)11(23-24)16(26)22-15-12-14(19-7-18-12)20-8-21-15/h7-8H,4-6H2,1-3H3,(H2,18,19,20,21,22,26). The van der Waals surface area contributed by atoms with Crippen molar-refractivity contribution in [2.75, 3.05) is 5.32 Å². The van der Waals surface area contributed by atoms with Crippen molar-refractivity contribution in [2.24, 2.45) is 5.41 Å². The summed E-state index contributed by atoms with van der Waals surface area (Å²) in [4.78, 5) is 40.6. The second kappa shape index (κ2) is 5.72. The molecule has 0 spiro atoms. The number of fused-ring (bicyclic) bond motifs is 2. The quantitative estimate of drug-likeness (QED) is 0.743. The van der Waals surface area contributed by atoms with Gasteiger partial charge >= 0.3 is 0 Å². The molecule has 0 saturated heterocycles. The summed E-state index contributed by atoms with van der Waals surface area (Å²) < 4.78 is 1.62. The van der Waals surface area contributed by atoms with Gasteiger partial charge < -0.3 is 10.3 Å². The molecule has 3 aromatic heterocycles. The number of imidazole rings is 1. The van der Waals surface area contributed by atoms with Gasteiger partial charge in [0.05, 0.1) is 6.33 Å². The van der Waals surface area contributed by atoms with Gasteiger partial charge in [-0.2, -0.15) is 5.10 Å². The molecule has 0 unspecified atom stereocenters. The van der Waals surface area contributed by atoms with Crippen molar-refractivity contribution >= 4 is 28.7 Å². The molecule has 0 aliphatic heterocycles. The molecule has 4 rings (SSSR count). The van der Waals surface area contributed by atoms with Gasteiger partial charge in [-0.3, -0.25) is 14.3 Å². The Balaban J connectivity index is 1.75. The van der Waals surface area contributed by atoms with Gasteiger partial charge in [0, 0.05) is 18.5 Å². The number of carbonyl (C=O) groups is 2. The average Bonchev–Trinajstić information content (AvgIpc) is 3.18. The van der Waals surface area contributed by atoms with Gasteiger partial charge in [0.25, 0.3) is 5.91 Å². The fraction of sp³-hybridized carbons (Fsp3) is 0.412. The zero-order valence-electron chi connectivity index (χ0n) is 14.8. The van der Waals surface area contributed by atoms with E-state index in [0.29, 0.717) is 47.6 Å². The zero-order valence-corrected chi connectivity index (χ0v) is 14.8. The van der Waals surface area contributed by atoms with Crippen molar-refractivity contribution in [1.29, 1.82) is 0 Å². The van der Waals surface area contributed by atoms with Gasteiger partial charge in [-0.1, -0.05) is 13.8 Å². The van der Waals surface area contributed by atoms with E-state index in [1.165, 1.54) is 12.7 Å². The molecule has 0 atom stereocenters. The lowest BCUT2D eigenvalue weighted by Gasteiger charge is -2.28. The second-order valence-electron chi connectivity index (χ2n) is 7.21. The Morgan fingerprint density at radius 1 is 1.31 bits per heavy atom. The molecule has 1 amide bonds. The van der Waals surface area contributed by atoms with Gasteiger partial charge in [-0.25, -0.2) is 15.0 Å². The van der Waals surface area contributed by atoms with Crippen molar-refractivity contribution in [3.63, 3.8) is 0 Å². The monoisotopic (exact) mass is 353 g/mol. The minimum Gasteiger partial charge on any atom is -0.340 e. The number of aromatic nitrogens is 6. The van der Waals surface area contributed by atoms with Crippen molar-refractivity contribution in [1.82, 2.24) is 29.7 Å². The van der Waals surface area contributed by atoms with Crippen molar-refractivity contribution in [3.8, 4) is 0 Å². The topological polar surface area (TPSA) is 118 Å². The molecule has 0 radical (unpaired) electrons. The number of Topliss-reactive ketones (excluding diaryl/α,β-unsaturated/α-hetero) is 1. The SMILES string of the molecule is CCn1nc(C(=O)Nc2ncnc3nc[nH]c23)c2c1C(=O)CC(C)(C)C2. The van der Waals surface area contributed by atoms with E-state index in [1.54, 1.807) is 4.68 Å². The van der Waals surface area contributed by atoms with E-state index in [9.17, 15) is 9.59 Å². The number of nitrogens with zero attached hydrogens (tertiary/aromatic N) is 5. The van der Waals surface area contributed by atoms with Crippen LogP contribution in [0.4, 0.5) is 5.82 Å². The fourth-order valence-electron chi connectivity index (χ4n) is 3.48. The van der Waals surface area contributed by atoms with E-state index in [1.807, 2.05) is 20.8 Å². The van der Waals surface area contributed by atoms with Crippen molar-refractivity contribution < 1.29 is 9.59 Å². The van der Waals surface area contributed by atoms with E-state index in [4.69, 9.17) is 0 Å². The van der Waals surface area contributed by atoms with Crippen LogP contribution in [-0.2, 0) is 13.0 Å². The fourth-order valence-corrected chi connectivity index (χ4v) is 3.48. The molecular weight excluding hydrogens is 334 g/mol. The smallest absolute Gasteiger partial charge is 0.277 e. The van der Waals surface area contributed by atoms with E-state index in [0.717, 1.165) is 0 Å². The van der Waals surface area contributed by atoms with Crippen molar-refractivity contribution in [2.45, 2.75) is 40.2 Å². The Bertz CT molecular complexity index is 1030. The van der Waals surface area contributed by atoms with Crippen LogP contribution in [0.15, 0.2) is 12.7 Å². The maximum absolute atomic E-state index is 12.9. The Kier molecular flexibility index (Phi) is 3.60. The van der Waals surface area contributed by atoms with Crippen molar-refractivity contribution in [3.05, 3.63) is 29.6 Å². The molecule has 3 aromatic rings. The Labute approximate surface area is 149 Å². The number of nitrogens with one attached hydrogen (secondary N) is 2. The molecule has 3 heterocycles. The maximum atomic E-state index is 12.9. The van der Waals surface area contributed by atoms with Crippen LogP contribution in [0.2, 0.25) is 0 Å². The highest BCUT2D eigenvalue weighted by atomic mass is 16.2. The first-order valence-corrected chi connectivity index (χ1v) is 8.48. The third-order valence-electron chi connectivity index (χ3n) is 4.58. The summed E-state index contributed by atoms with van der Waals surface area (Å²) in [6.07, 6.45) is 3.91. The van der Waals surface area contributed by atoms with Crippen LogP contribution < -0.4 is 5.32 Å². The molecular formula is C17H19N7O2. The summed E-state index contributed by atoms with van der Waals surface area (Å²) in [5.41, 5.74) is 2.33. The normalized spacial score (nSPS) is 15.9. The number of hydrogen-bond donors (Lipinski definition) is 2. The number of anilines is 1. The molecule has 0 fully saturated rings. The highest BCUT2D eigenvalue weighted by Gasteiger charge is 2.37. The Morgan fingerprint density at radius 3 is 2.88 bits per heavy atom. The van der Waals surface area contributed by atoms with Gasteiger partial charge in [0.15, 0.2) is 22.9 Å². The summed E-state index contributed by atoms with van der Waals surface area (Å²) >= 11 is 0. The Hall–Kier alpha value is -3.10. The van der Waals surface area contributed by atoms with Crippen LogP contribution in [0.5, 0.6) is 0 Å². The molecule has 134 valence electrons.